The number of benzene rings is 2. The summed E-state index contributed by atoms with van der Waals surface area (Å²) < 4.78 is 25.6. The fourth-order valence-electron chi connectivity index (χ4n) is 2.47. The molecule has 2 aromatic rings. The van der Waals surface area contributed by atoms with Gasteiger partial charge in [0, 0.05) is 25.5 Å². The summed E-state index contributed by atoms with van der Waals surface area (Å²) in [4.78, 5) is 12.6. The van der Waals surface area contributed by atoms with Gasteiger partial charge >= 0.3 is 0 Å². The van der Waals surface area contributed by atoms with E-state index < -0.39 is 16.1 Å². The van der Waals surface area contributed by atoms with E-state index in [1.54, 1.807) is 19.1 Å². The van der Waals surface area contributed by atoms with Crippen LogP contribution in [0.4, 0.5) is 11.4 Å². The molecule has 7 heteroatoms. The Bertz CT molecular complexity index is 908. The van der Waals surface area contributed by atoms with E-state index in [-0.39, 0.29) is 10.8 Å². The van der Waals surface area contributed by atoms with Gasteiger partial charge in [0.2, 0.25) is 15.9 Å². The number of amides is 1. The summed E-state index contributed by atoms with van der Waals surface area (Å²) in [7, 11) is -0.610. The van der Waals surface area contributed by atoms with Crippen LogP contribution in [0.1, 0.15) is 18.1 Å². The van der Waals surface area contributed by atoms with Gasteiger partial charge in [0.25, 0.3) is 0 Å². The second-order valence-corrected chi connectivity index (χ2v) is 8.64. The average molecular weight is 375 g/mol. The van der Waals surface area contributed by atoms with Gasteiger partial charge in [0.05, 0.1) is 4.90 Å². The molecule has 0 bridgehead atoms. The fourth-order valence-corrected chi connectivity index (χ4v) is 3.42. The minimum absolute atomic E-state index is 0.135. The van der Waals surface area contributed by atoms with Crippen molar-refractivity contribution >= 4 is 27.3 Å². The number of aryl methyl sites for hydroxylation is 2. The van der Waals surface area contributed by atoms with Crippen LogP contribution in [0.3, 0.4) is 0 Å². The summed E-state index contributed by atoms with van der Waals surface area (Å²) in [6.07, 6.45) is 0. The van der Waals surface area contributed by atoms with E-state index in [1.807, 2.05) is 32.0 Å². The standard InChI is InChI=1S/C19H25N3O3S/c1-13-9-10-18(14(2)11-13)20-15(3)19(23)21-16-7-6-8-17(12-16)26(24,25)22(4)5/h6-12,15,20H,1-5H3,(H,21,23)/t15-/m0/s1. The van der Waals surface area contributed by atoms with E-state index >= 15 is 0 Å². The van der Waals surface area contributed by atoms with Crippen LogP contribution in [0.2, 0.25) is 0 Å². The Morgan fingerprint density at radius 1 is 1.08 bits per heavy atom. The molecule has 0 saturated carbocycles. The Balaban J connectivity index is 2.12. The van der Waals surface area contributed by atoms with Gasteiger partial charge in [-0.15, -0.1) is 0 Å². The van der Waals surface area contributed by atoms with Crippen molar-refractivity contribution in [2.75, 3.05) is 24.7 Å². The second kappa shape index (κ2) is 7.88. The molecular weight excluding hydrogens is 350 g/mol. The van der Waals surface area contributed by atoms with Crippen LogP contribution in [0.5, 0.6) is 0 Å². The van der Waals surface area contributed by atoms with Gasteiger partial charge in [-0.1, -0.05) is 23.8 Å². The third-order valence-electron chi connectivity index (χ3n) is 4.03. The van der Waals surface area contributed by atoms with Crippen molar-refractivity contribution < 1.29 is 13.2 Å². The van der Waals surface area contributed by atoms with E-state index in [4.69, 9.17) is 0 Å². The highest BCUT2D eigenvalue weighted by atomic mass is 32.2. The van der Waals surface area contributed by atoms with Crippen LogP contribution in [0.25, 0.3) is 0 Å². The molecule has 0 aliphatic carbocycles. The molecule has 26 heavy (non-hydrogen) atoms. The lowest BCUT2D eigenvalue weighted by Crippen LogP contribution is -2.32. The highest BCUT2D eigenvalue weighted by Crippen LogP contribution is 2.20. The Morgan fingerprint density at radius 3 is 2.38 bits per heavy atom. The lowest BCUT2D eigenvalue weighted by atomic mass is 10.1. The minimum Gasteiger partial charge on any atom is -0.374 e. The molecule has 2 rings (SSSR count). The highest BCUT2D eigenvalue weighted by Gasteiger charge is 2.19. The minimum atomic E-state index is -3.55. The second-order valence-electron chi connectivity index (χ2n) is 6.49. The normalized spacial score (nSPS) is 12.7. The quantitative estimate of drug-likeness (QED) is 0.814. The zero-order chi connectivity index (χ0) is 19.5. The Morgan fingerprint density at radius 2 is 1.77 bits per heavy atom. The lowest BCUT2D eigenvalue weighted by Gasteiger charge is -2.18. The van der Waals surface area contributed by atoms with Crippen molar-refractivity contribution in [2.24, 2.45) is 0 Å². The number of rotatable bonds is 6. The van der Waals surface area contributed by atoms with Crippen molar-refractivity contribution in [2.45, 2.75) is 31.7 Å². The summed E-state index contributed by atoms with van der Waals surface area (Å²) in [5.41, 5.74) is 3.54. The van der Waals surface area contributed by atoms with Crippen LogP contribution >= 0.6 is 0 Å². The first-order valence-electron chi connectivity index (χ1n) is 8.28. The fraction of sp³-hybridized carbons (Fsp3) is 0.316. The molecule has 0 unspecified atom stereocenters. The van der Waals surface area contributed by atoms with Crippen molar-refractivity contribution in [1.82, 2.24) is 4.31 Å². The van der Waals surface area contributed by atoms with Gasteiger partial charge < -0.3 is 10.6 Å². The van der Waals surface area contributed by atoms with Crippen LogP contribution in [-0.2, 0) is 14.8 Å². The summed E-state index contributed by atoms with van der Waals surface area (Å²) in [6.45, 7) is 5.76. The van der Waals surface area contributed by atoms with Crippen LogP contribution < -0.4 is 10.6 Å². The number of carbonyl (C=O) groups is 1. The van der Waals surface area contributed by atoms with Gasteiger partial charge in [-0.3, -0.25) is 4.79 Å². The monoisotopic (exact) mass is 375 g/mol. The van der Waals surface area contributed by atoms with E-state index in [2.05, 4.69) is 10.6 Å². The molecule has 0 fully saturated rings. The number of hydrogen-bond donors (Lipinski definition) is 2. The Hall–Kier alpha value is -2.38. The molecule has 6 nitrogen and oxygen atoms in total. The number of anilines is 2. The SMILES string of the molecule is Cc1ccc(N[C@@H](C)C(=O)Nc2cccc(S(=O)(=O)N(C)C)c2)c(C)c1. The van der Waals surface area contributed by atoms with Gasteiger partial charge in [0.1, 0.15) is 6.04 Å². The molecule has 0 aromatic heterocycles. The predicted molar refractivity (Wildman–Crippen MR) is 105 cm³/mol. The first-order chi connectivity index (χ1) is 12.1. The zero-order valence-corrected chi connectivity index (χ0v) is 16.5. The maximum atomic E-state index is 12.5. The highest BCUT2D eigenvalue weighted by molar-refractivity contribution is 7.89. The summed E-state index contributed by atoms with van der Waals surface area (Å²) in [6, 6.07) is 11.7. The molecule has 2 aromatic carbocycles. The molecule has 0 saturated heterocycles. The summed E-state index contributed by atoms with van der Waals surface area (Å²) >= 11 is 0. The van der Waals surface area contributed by atoms with E-state index in [1.165, 1.54) is 26.2 Å². The Labute approximate surface area is 155 Å². The molecule has 140 valence electrons. The van der Waals surface area contributed by atoms with Gasteiger partial charge in [-0.05, 0) is 50.6 Å². The van der Waals surface area contributed by atoms with E-state index in [0.29, 0.717) is 5.69 Å². The van der Waals surface area contributed by atoms with E-state index in [0.717, 1.165) is 21.1 Å². The predicted octanol–water partition coefficient (Wildman–Crippen LogP) is 2.99. The molecule has 0 aliphatic rings. The van der Waals surface area contributed by atoms with Gasteiger partial charge in [-0.2, -0.15) is 0 Å². The smallest absolute Gasteiger partial charge is 0.246 e. The molecule has 1 amide bonds. The maximum absolute atomic E-state index is 12.5. The maximum Gasteiger partial charge on any atom is 0.246 e. The molecule has 1 atom stereocenters. The van der Waals surface area contributed by atoms with Crippen LogP contribution in [0, 0.1) is 13.8 Å². The van der Waals surface area contributed by atoms with Gasteiger partial charge in [0.15, 0.2) is 0 Å². The summed E-state index contributed by atoms with van der Waals surface area (Å²) in [5.74, 6) is -0.246. The number of nitrogens with zero attached hydrogens (tertiary/aromatic N) is 1. The first-order valence-corrected chi connectivity index (χ1v) is 9.72. The van der Waals surface area contributed by atoms with Crippen molar-refractivity contribution in [3.8, 4) is 0 Å². The van der Waals surface area contributed by atoms with Crippen molar-refractivity contribution in [3.05, 3.63) is 53.6 Å². The zero-order valence-electron chi connectivity index (χ0n) is 15.7. The first kappa shape index (κ1) is 19.9. The third kappa shape index (κ3) is 4.62. The van der Waals surface area contributed by atoms with Gasteiger partial charge in [-0.25, -0.2) is 12.7 Å². The van der Waals surface area contributed by atoms with Crippen LogP contribution in [0.15, 0.2) is 47.4 Å². The largest absolute Gasteiger partial charge is 0.374 e. The number of nitrogens with one attached hydrogen (secondary N) is 2. The topological polar surface area (TPSA) is 78.5 Å². The molecule has 0 aliphatic heterocycles. The molecule has 0 spiro atoms. The number of hydrogen-bond acceptors (Lipinski definition) is 4. The van der Waals surface area contributed by atoms with E-state index in [9.17, 15) is 13.2 Å². The third-order valence-corrected chi connectivity index (χ3v) is 5.84. The summed E-state index contributed by atoms with van der Waals surface area (Å²) in [5, 5.41) is 5.94. The number of sulfonamides is 1. The lowest BCUT2D eigenvalue weighted by molar-refractivity contribution is -0.116. The van der Waals surface area contributed by atoms with Crippen molar-refractivity contribution in [1.29, 1.82) is 0 Å². The van der Waals surface area contributed by atoms with Crippen LogP contribution in [-0.4, -0.2) is 38.8 Å². The molecular formula is C19H25N3O3S. The molecule has 0 heterocycles. The number of carbonyl (C=O) groups excluding carboxylic acids is 1. The molecule has 0 radical (unpaired) electrons. The average Bonchev–Trinajstić information content (AvgIpc) is 2.57. The molecule has 2 N–H and O–H groups in total. The Kier molecular flexibility index (Phi) is 6.05. The van der Waals surface area contributed by atoms with Crippen molar-refractivity contribution in [3.63, 3.8) is 0 Å².